The molecular formula is C20H30N2O3. The van der Waals surface area contributed by atoms with Crippen molar-refractivity contribution < 1.29 is 14.3 Å². The molecule has 1 aromatic rings. The number of hydrogen-bond donors (Lipinski definition) is 0. The molecule has 5 nitrogen and oxygen atoms in total. The Morgan fingerprint density at radius 3 is 2.72 bits per heavy atom. The molecule has 25 heavy (non-hydrogen) atoms. The van der Waals surface area contributed by atoms with Crippen molar-refractivity contribution in [2.24, 2.45) is 0 Å². The summed E-state index contributed by atoms with van der Waals surface area (Å²) < 4.78 is 11.3. The average molecular weight is 346 g/mol. The van der Waals surface area contributed by atoms with E-state index in [0.29, 0.717) is 6.10 Å². The number of carbonyl (C=O) groups excluding carboxylic acids is 1. The molecule has 0 unspecified atom stereocenters. The number of ether oxygens (including phenoxy) is 2. The molecule has 3 rings (SSSR count). The van der Waals surface area contributed by atoms with E-state index in [2.05, 4.69) is 9.80 Å². The van der Waals surface area contributed by atoms with Gasteiger partial charge in [-0.1, -0.05) is 0 Å². The lowest BCUT2D eigenvalue weighted by molar-refractivity contribution is 0.0742. The zero-order valence-corrected chi connectivity index (χ0v) is 15.5. The zero-order valence-electron chi connectivity index (χ0n) is 15.5. The van der Waals surface area contributed by atoms with Crippen molar-refractivity contribution in [3.05, 3.63) is 29.3 Å². The number of benzene rings is 1. The molecule has 2 aliphatic rings. The third-order valence-electron chi connectivity index (χ3n) is 5.25. The van der Waals surface area contributed by atoms with Gasteiger partial charge in [-0.2, -0.15) is 0 Å². The van der Waals surface area contributed by atoms with E-state index in [1.807, 2.05) is 18.2 Å². The van der Waals surface area contributed by atoms with Crippen molar-refractivity contribution >= 4 is 5.78 Å². The van der Waals surface area contributed by atoms with Crippen LogP contribution in [0.5, 0.6) is 5.75 Å². The van der Waals surface area contributed by atoms with Gasteiger partial charge in [-0.15, -0.1) is 0 Å². The van der Waals surface area contributed by atoms with Crippen LogP contribution in [-0.4, -0.2) is 68.1 Å². The number of hydrogen-bond acceptors (Lipinski definition) is 5. The smallest absolute Gasteiger partial charge is 0.159 e. The van der Waals surface area contributed by atoms with Gasteiger partial charge in [-0.05, 0) is 57.5 Å². The van der Waals surface area contributed by atoms with Crippen molar-refractivity contribution in [3.63, 3.8) is 0 Å². The lowest BCUT2D eigenvalue weighted by Crippen LogP contribution is -2.35. The van der Waals surface area contributed by atoms with Crippen molar-refractivity contribution in [3.8, 4) is 5.75 Å². The summed E-state index contributed by atoms with van der Waals surface area (Å²) >= 11 is 0. The molecule has 0 N–H and O–H groups in total. The molecule has 0 spiro atoms. The number of ketones is 1. The summed E-state index contributed by atoms with van der Waals surface area (Å²) in [5.74, 6) is 0.966. The van der Waals surface area contributed by atoms with Gasteiger partial charge in [0.2, 0.25) is 0 Å². The molecule has 2 aliphatic heterocycles. The monoisotopic (exact) mass is 346 g/mol. The van der Waals surface area contributed by atoms with Gasteiger partial charge >= 0.3 is 0 Å². The van der Waals surface area contributed by atoms with Crippen molar-refractivity contribution in [1.82, 2.24) is 9.80 Å². The molecule has 2 saturated heterocycles. The predicted octanol–water partition coefficient (Wildman–Crippen LogP) is 2.58. The highest BCUT2D eigenvalue weighted by Crippen LogP contribution is 2.23. The quantitative estimate of drug-likeness (QED) is 0.741. The van der Waals surface area contributed by atoms with E-state index in [0.717, 1.165) is 62.8 Å². The van der Waals surface area contributed by atoms with Gasteiger partial charge in [0.1, 0.15) is 5.75 Å². The van der Waals surface area contributed by atoms with Gasteiger partial charge in [0.05, 0.1) is 13.2 Å². The third kappa shape index (κ3) is 5.03. The standard InChI is InChI=1S/C20H30N2O3/c1-16(23)17-6-7-20(24-2)18(13-17)14-21-8-4-9-22(11-10-21)15-19-5-3-12-25-19/h6-7,13,19H,3-5,8-12,14-15H2,1-2H3/t19-/m1/s1. The Labute approximate surface area is 150 Å². The van der Waals surface area contributed by atoms with Crippen LogP contribution in [0.4, 0.5) is 0 Å². The molecule has 0 radical (unpaired) electrons. The van der Waals surface area contributed by atoms with E-state index >= 15 is 0 Å². The van der Waals surface area contributed by atoms with E-state index in [-0.39, 0.29) is 5.78 Å². The normalized spacial score (nSPS) is 22.7. The molecule has 138 valence electrons. The number of methoxy groups -OCH3 is 1. The molecule has 0 aromatic heterocycles. The van der Waals surface area contributed by atoms with Gasteiger partial charge in [0.15, 0.2) is 5.78 Å². The molecule has 0 bridgehead atoms. The van der Waals surface area contributed by atoms with Gasteiger partial charge in [0, 0.05) is 43.9 Å². The van der Waals surface area contributed by atoms with E-state index in [4.69, 9.17) is 9.47 Å². The molecular weight excluding hydrogens is 316 g/mol. The Balaban J connectivity index is 1.59. The average Bonchev–Trinajstić information content (AvgIpc) is 3.02. The summed E-state index contributed by atoms with van der Waals surface area (Å²) in [6.07, 6.45) is 4.01. The molecule has 5 heteroatoms. The minimum absolute atomic E-state index is 0.0995. The summed E-state index contributed by atoms with van der Waals surface area (Å²) in [6.45, 7) is 8.78. The minimum Gasteiger partial charge on any atom is -0.496 e. The van der Waals surface area contributed by atoms with E-state index in [1.165, 1.54) is 19.3 Å². The first-order valence-electron chi connectivity index (χ1n) is 9.40. The van der Waals surface area contributed by atoms with Crippen LogP contribution in [0.15, 0.2) is 18.2 Å². The number of nitrogens with zero attached hydrogens (tertiary/aromatic N) is 2. The topological polar surface area (TPSA) is 42.0 Å². The SMILES string of the molecule is COc1ccc(C(C)=O)cc1CN1CCCN(C[C@H]2CCCO2)CC1. The van der Waals surface area contributed by atoms with Crippen LogP contribution in [0.2, 0.25) is 0 Å². The largest absolute Gasteiger partial charge is 0.496 e. The first-order chi connectivity index (χ1) is 12.2. The molecule has 0 aliphatic carbocycles. The Kier molecular flexibility index (Phi) is 6.45. The molecule has 0 saturated carbocycles. The van der Waals surface area contributed by atoms with Crippen molar-refractivity contribution in [2.75, 3.05) is 46.4 Å². The zero-order chi connectivity index (χ0) is 17.6. The summed E-state index contributed by atoms with van der Waals surface area (Å²) in [7, 11) is 1.69. The second-order valence-corrected chi connectivity index (χ2v) is 7.15. The Bertz CT molecular complexity index is 584. The van der Waals surface area contributed by atoms with Gasteiger partial charge in [-0.25, -0.2) is 0 Å². The van der Waals surface area contributed by atoms with Crippen LogP contribution in [0.3, 0.4) is 0 Å². The maximum atomic E-state index is 11.7. The summed E-state index contributed by atoms with van der Waals surface area (Å²) in [6, 6.07) is 5.74. The highest BCUT2D eigenvalue weighted by molar-refractivity contribution is 5.94. The van der Waals surface area contributed by atoms with Crippen LogP contribution < -0.4 is 4.74 Å². The van der Waals surface area contributed by atoms with Crippen molar-refractivity contribution in [2.45, 2.75) is 38.8 Å². The fraction of sp³-hybridized carbons (Fsp3) is 0.650. The Hall–Kier alpha value is -1.43. The fourth-order valence-electron chi connectivity index (χ4n) is 3.80. The summed E-state index contributed by atoms with van der Waals surface area (Å²) in [5, 5.41) is 0. The first-order valence-corrected chi connectivity index (χ1v) is 9.40. The van der Waals surface area contributed by atoms with Crippen LogP contribution in [0, 0.1) is 0 Å². The minimum atomic E-state index is 0.0995. The van der Waals surface area contributed by atoms with Crippen LogP contribution in [0.25, 0.3) is 0 Å². The Morgan fingerprint density at radius 2 is 2.00 bits per heavy atom. The van der Waals surface area contributed by atoms with Crippen molar-refractivity contribution in [1.29, 1.82) is 0 Å². The summed E-state index contributed by atoms with van der Waals surface area (Å²) in [4.78, 5) is 16.7. The molecule has 2 heterocycles. The highest BCUT2D eigenvalue weighted by atomic mass is 16.5. The third-order valence-corrected chi connectivity index (χ3v) is 5.25. The van der Waals surface area contributed by atoms with E-state index in [1.54, 1.807) is 14.0 Å². The Morgan fingerprint density at radius 1 is 1.20 bits per heavy atom. The maximum Gasteiger partial charge on any atom is 0.159 e. The molecule has 1 atom stereocenters. The van der Waals surface area contributed by atoms with Gasteiger partial charge < -0.3 is 9.47 Å². The van der Waals surface area contributed by atoms with E-state index < -0.39 is 0 Å². The lowest BCUT2D eigenvalue weighted by atomic mass is 10.1. The van der Waals surface area contributed by atoms with Crippen LogP contribution >= 0.6 is 0 Å². The lowest BCUT2D eigenvalue weighted by Gasteiger charge is -2.24. The number of rotatable bonds is 6. The predicted molar refractivity (Wildman–Crippen MR) is 98.3 cm³/mol. The molecule has 1 aromatic carbocycles. The van der Waals surface area contributed by atoms with Gasteiger partial charge in [-0.3, -0.25) is 14.6 Å². The summed E-state index contributed by atoms with van der Waals surface area (Å²) in [5.41, 5.74) is 1.86. The van der Waals surface area contributed by atoms with E-state index in [9.17, 15) is 4.79 Å². The highest BCUT2D eigenvalue weighted by Gasteiger charge is 2.22. The molecule has 0 amide bonds. The second kappa shape index (κ2) is 8.79. The number of Topliss-reactive ketones (excluding diaryl/α,β-unsaturated/α-hetero) is 1. The fourth-order valence-corrected chi connectivity index (χ4v) is 3.80. The second-order valence-electron chi connectivity index (χ2n) is 7.15. The van der Waals surface area contributed by atoms with Crippen LogP contribution in [0.1, 0.15) is 42.1 Å². The molecule has 2 fully saturated rings. The van der Waals surface area contributed by atoms with Crippen LogP contribution in [-0.2, 0) is 11.3 Å². The number of carbonyl (C=O) groups is 1. The first kappa shape index (κ1) is 18.4. The maximum absolute atomic E-state index is 11.7. The van der Waals surface area contributed by atoms with Gasteiger partial charge in [0.25, 0.3) is 0 Å².